The van der Waals surface area contributed by atoms with E-state index in [1.165, 1.54) is 44.9 Å². The number of carbonyl (C=O) groups is 4. The van der Waals surface area contributed by atoms with E-state index in [1.807, 2.05) is 0 Å². The van der Waals surface area contributed by atoms with Crippen LogP contribution in [0.15, 0.2) is 0 Å². The molecule has 0 spiro atoms. The first-order valence-electron chi connectivity index (χ1n) is 21.3. The van der Waals surface area contributed by atoms with Gasteiger partial charge in [-0.3, -0.25) is 19.2 Å². The van der Waals surface area contributed by atoms with Crippen molar-refractivity contribution in [1.29, 1.82) is 0 Å². The van der Waals surface area contributed by atoms with Crippen LogP contribution in [0.4, 0.5) is 0 Å². The largest absolute Gasteiger partial charge is 0.356 e. The molecule has 0 saturated heterocycles. The quantitative estimate of drug-likeness (QED) is 0.0407. The Morgan fingerprint density at radius 3 is 0.800 bits per heavy atom. The Hall–Kier alpha value is -2.16. The molecule has 0 aromatic rings. The number of nitrogens with one attached hydrogen (secondary N) is 4. The smallest absolute Gasteiger partial charge is 0.219 e. The van der Waals surface area contributed by atoms with Gasteiger partial charge in [-0.15, -0.1) is 0 Å². The summed E-state index contributed by atoms with van der Waals surface area (Å²) in [5.74, 6) is 0.655. The predicted molar refractivity (Wildman–Crippen MR) is 210 cm³/mol. The molecule has 9 nitrogen and oxygen atoms in total. The van der Waals surface area contributed by atoms with Crippen LogP contribution in [0.2, 0.25) is 0 Å². The van der Waals surface area contributed by atoms with Crippen LogP contribution in [0.3, 0.4) is 0 Å². The zero-order valence-corrected chi connectivity index (χ0v) is 32.7. The van der Waals surface area contributed by atoms with Crippen LogP contribution in [-0.2, 0) is 19.2 Å². The van der Waals surface area contributed by atoms with E-state index in [1.54, 1.807) is 0 Å². The van der Waals surface area contributed by atoms with Crippen molar-refractivity contribution in [2.45, 2.75) is 206 Å². The zero-order chi connectivity index (χ0) is 36.6. The molecule has 0 aromatic heterocycles. The minimum atomic E-state index is 0.147. The van der Waals surface area contributed by atoms with Gasteiger partial charge in [0, 0.05) is 51.9 Å². The molecule has 0 unspecified atom stereocenters. The maximum absolute atomic E-state index is 12.1. The van der Waals surface area contributed by atoms with E-state index in [4.69, 9.17) is 5.73 Å². The number of unbranched alkanes of at least 4 members (excludes halogenated alkanes) is 22. The first kappa shape index (κ1) is 47.8. The van der Waals surface area contributed by atoms with Gasteiger partial charge in [-0.1, -0.05) is 122 Å². The van der Waals surface area contributed by atoms with Crippen LogP contribution < -0.4 is 27.0 Å². The lowest BCUT2D eigenvalue weighted by Gasteiger charge is -2.07. The van der Waals surface area contributed by atoms with Gasteiger partial charge in [0.25, 0.3) is 0 Å². The lowest BCUT2D eigenvalue weighted by molar-refractivity contribution is -0.122. The first-order chi connectivity index (χ1) is 24.5. The third-order valence-electron chi connectivity index (χ3n) is 9.42. The van der Waals surface area contributed by atoms with Crippen LogP contribution in [0.1, 0.15) is 206 Å². The number of hydrogen-bond acceptors (Lipinski definition) is 5. The van der Waals surface area contributed by atoms with E-state index < -0.39 is 0 Å². The molecule has 0 heterocycles. The monoisotopic (exact) mass is 708 g/mol. The minimum absolute atomic E-state index is 0.147. The molecule has 4 amide bonds. The van der Waals surface area contributed by atoms with Gasteiger partial charge < -0.3 is 27.0 Å². The normalized spacial score (nSPS) is 11.0. The van der Waals surface area contributed by atoms with Gasteiger partial charge in [-0.05, 0) is 64.3 Å². The van der Waals surface area contributed by atoms with Gasteiger partial charge >= 0.3 is 0 Å². The van der Waals surface area contributed by atoms with Crippen molar-refractivity contribution in [2.24, 2.45) is 5.73 Å². The average molecular weight is 708 g/mol. The summed E-state index contributed by atoms with van der Waals surface area (Å²) >= 11 is 0. The highest BCUT2D eigenvalue weighted by atomic mass is 16.2. The van der Waals surface area contributed by atoms with E-state index in [-0.39, 0.29) is 23.6 Å². The van der Waals surface area contributed by atoms with Crippen molar-refractivity contribution >= 4 is 23.6 Å². The van der Waals surface area contributed by atoms with Crippen LogP contribution >= 0.6 is 0 Å². The average Bonchev–Trinajstić information content (AvgIpc) is 3.10. The molecule has 0 saturated carbocycles. The van der Waals surface area contributed by atoms with Gasteiger partial charge in [0.2, 0.25) is 23.6 Å². The van der Waals surface area contributed by atoms with Gasteiger partial charge in [0.1, 0.15) is 0 Å². The van der Waals surface area contributed by atoms with E-state index in [0.29, 0.717) is 25.7 Å². The van der Waals surface area contributed by atoms with E-state index in [2.05, 4.69) is 28.2 Å². The summed E-state index contributed by atoms with van der Waals surface area (Å²) in [6.07, 6.45) is 32.3. The van der Waals surface area contributed by atoms with E-state index in [9.17, 15) is 19.2 Å². The second-order valence-electron chi connectivity index (χ2n) is 14.4. The highest BCUT2D eigenvalue weighted by molar-refractivity contribution is 5.76. The third-order valence-corrected chi connectivity index (χ3v) is 9.42. The Morgan fingerprint density at radius 1 is 0.320 bits per heavy atom. The summed E-state index contributed by atoms with van der Waals surface area (Å²) in [4.78, 5) is 48.0. The summed E-state index contributed by atoms with van der Waals surface area (Å²) in [6, 6.07) is 0. The topological polar surface area (TPSA) is 142 Å². The number of rotatable bonds is 39. The fourth-order valence-corrected chi connectivity index (χ4v) is 6.13. The van der Waals surface area contributed by atoms with Crippen molar-refractivity contribution < 1.29 is 19.2 Å². The molecule has 0 bridgehead atoms. The summed E-state index contributed by atoms with van der Waals surface area (Å²) in [5.41, 5.74) is 5.50. The molecule has 0 aromatic carbocycles. The molecule has 0 fully saturated rings. The maximum Gasteiger partial charge on any atom is 0.219 e. The second-order valence-corrected chi connectivity index (χ2v) is 14.4. The number of amides is 4. The minimum Gasteiger partial charge on any atom is -0.356 e. The van der Waals surface area contributed by atoms with Gasteiger partial charge in [0.15, 0.2) is 0 Å². The molecule has 0 aliphatic heterocycles. The molecule has 50 heavy (non-hydrogen) atoms. The molecule has 294 valence electrons. The van der Waals surface area contributed by atoms with Crippen molar-refractivity contribution in [3.8, 4) is 0 Å². The molecule has 0 atom stereocenters. The summed E-state index contributed by atoms with van der Waals surface area (Å²) in [5, 5.41) is 12.2. The standard InChI is InChI=1S/C41H81N5O4/c1-2-3-4-5-6-16-25-34-43-39(48)30-21-12-8-18-27-36-45-41(50)32-23-14-10-19-28-37-46-40(49)31-22-13-9-17-26-35-44-38(47)29-20-11-7-15-24-33-42/h2-37,42H2,1H3,(H,43,48)(H,44,47)(H,45,50)(H,46,49). The molecular weight excluding hydrogens is 626 g/mol. The third kappa shape index (κ3) is 38.6. The Labute approximate surface area is 308 Å². The highest BCUT2D eigenvalue weighted by Crippen LogP contribution is 2.09. The molecule has 0 radical (unpaired) electrons. The summed E-state index contributed by atoms with van der Waals surface area (Å²) in [6.45, 7) is 6.05. The SMILES string of the molecule is CCCCCCCCCNC(=O)CCCCCCCNC(=O)CCCCCCCNC(=O)CCCCCCCNC(=O)CCCCCCCN. The Morgan fingerprint density at radius 2 is 0.540 bits per heavy atom. The van der Waals surface area contributed by atoms with Crippen LogP contribution in [0.5, 0.6) is 0 Å². The zero-order valence-electron chi connectivity index (χ0n) is 32.7. The predicted octanol–water partition coefficient (Wildman–Crippen LogP) is 8.52. The molecule has 6 N–H and O–H groups in total. The molecule has 0 rings (SSSR count). The lowest BCUT2D eigenvalue weighted by atomic mass is 10.1. The van der Waals surface area contributed by atoms with Crippen LogP contribution in [0, 0.1) is 0 Å². The molecular formula is C41H81N5O4. The van der Waals surface area contributed by atoms with Crippen molar-refractivity contribution in [2.75, 3.05) is 32.7 Å². The Bertz CT molecular complexity index is 795. The van der Waals surface area contributed by atoms with E-state index in [0.717, 1.165) is 161 Å². The summed E-state index contributed by atoms with van der Waals surface area (Å²) in [7, 11) is 0. The molecule has 9 heteroatoms. The van der Waals surface area contributed by atoms with Crippen LogP contribution in [-0.4, -0.2) is 56.4 Å². The van der Waals surface area contributed by atoms with E-state index >= 15 is 0 Å². The fraction of sp³-hybridized carbons (Fsp3) is 0.902. The van der Waals surface area contributed by atoms with Gasteiger partial charge in [-0.2, -0.15) is 0 Å². The fourth-order valence-electron chi connectivity index (χ4n) is 6.13. The van der Waals surface area contributed by atoms with Crippen molar-refractivity contribution in [1.82, 2.24) is 21.3 Å². The second kappa shape index (κ2) is 39.6. The van der Waals surface area contributed by atoms with Crippen molar-refractivity contribution in [3.05, 3.63) is 0 Å². The molecule has 0 aliphatic rings. The van der Waals surface area contributed by atoms with Gasteiger partial charge in [-0.25, -0.2) is 0 Å². The number of hydrogen-bond donors (Lipinski definition) is 5. The summed E-state index contributed by atoms with van der Waals surface area (Å²) < 4.78 is 0. The lowest BCUT2D eigenvalue weighted by Crippen LogP contribution is -2.24. The Balaban J connectivity index is 3.35. The van der Waals surface area contributed by atoms with Crippen LogP contribution in [0.25, 0.3) is 0 Å². The molecule has 0 aliphatic carbocycles. The highest BCUT2D eigenvalue weighted by Gasteiger charge is 2.05. The maximum atomic E-state index is 12.1. The number of nitrogens with two attached hydrogens (primary N) is 1. The first-order valence-corrected chi connectivity index (χ1v) is 21.3. The Kier molecular flexibility index (Phi) is 37.9. The number of carbonyl (C=O) groups excluding carboxylic acids is 4. The van der Waals surface area contributed by atoms with Gasteiger partial charge in [0.05, 0.1) is 0 Å². The van der Waals surface area contributed by atoms with Crippen molar-refractivity contribution in [3.63, 3.8) is 0 Å².